The Morgan fingerprint density at radius 2 is 1.54 bits per heavy atom. The van der Waals surface area contributed by atoms with E-state index < -0.39 is 0 Å². The molecule has 9 nitrogen and oxygen atoms in total. The second-order valence-corrected chi connectivity index (χ2v) is 15.2. The molecule has 2 atom stereocenters. The predicted octanol–water partition coefficient (Wildman–Crippen LogP) is 5.09. The van der Waals surface area contributed by atoms with Crippen molar-refractivity contribution in [1.82, 2.24) is 19.9 Å². The van der Waals surface area contributed by atoms with Crippen molar-refractivity contribution in [3.63, 3.8) is 0 Å². The smallest absolute Gasteiger partial charge is 0.231 e. The number of ether oxygens (including phenoxy) is 1. The summed E-state index contributed by atoms with van der Waals surface area (Å²) >= 11 is 0. The maximum atomic E-state index is 6.70. The third kappa shape index (κ3) is 7.21. The van der Waals surface area contributed by atoms with Crippen LogP contribution in [0.25, 0.3) is 0 Å². The van der Waals surface area contributed by atoms with Gasteiger partial charge in [0, 0.05) is 41.3 Å². The molecule has 0 saturated carbocycles. The second-order valence-electron chi connectivity index (χ2n) is 15.2. The topological polar surface area (TPSA) is 96.0 Å². The molecule has 3 saturated heterocycles. The van der Waals surface area contributed by atoms with Crippen LogP contribution in [0.2, 0.25) is 0 Å². The summed E-state index contributed by atoms with van der Waals surface area (Å²) in [5.41, 5.74) is 6.74. The van der Waals surface area contributed by atoms with E-state index in [0.29, 0.717) is 25.2 Å². The van der Waals surface area contributed by atoms with Gasteiger partial charge in [0.1, 0.15) is 6.33 Å². The Morgan fingerprint density at radius 1 is 0.902 bits per heavy atom. The summed E-state index contributed by atoms with van der Waals surface area (Å²) in [6.07, 6.45) is 12.8. The molecule has 9 heteroatoms. The Hall–Kier alpha value is -1.84. The molecule has 4 rings (SSSR count). The Kier molecular flexibility index (Phi) is 9.71. The van der Waals surface area contributed by atoms with Gasteiger partial charge in [-0.25, -0.2) is 9.97 Å². The van der Waals surface area contributed by atoms with Gasteiger partial charge in [-0.2, -0.15) is 4.98 Å². The third-order valence-corrected chi connectivity index (χ3v) is 10.3. The SMILES string of the molecule is CN1C(C)(C)CC(N)C(CCCCCC=NC2CC(C)(C)N(c3ncnc(N4CCOCC4)n3)C(C)(C)C2)C1(C)C. The molecular formula is C32H58N8O. The standard InChI is InChI=1S/C32H58N8O/c1-29(2)22-26(33)25(32(7,8)38(29)9)14-12-10-11-13-15-34-24-20-30(3,4)40(31(5,6)21-24)28-36-23-35-27(37-28)39-16-18-41-19-17-39/h15,23-26H,10-14,16-22,33H2,1-9H3. The monoisotopic (exact) mass is 570 g/mol. The Balaban J connectivity index is 1.27. The Labute approximate surface area is 249 Å². The van der Waals surface area contributed by atoms with Crippen LogP contribution < -0.4 is 15.5 Å². The van der Waals surface area contributed by atoms with E-state index in [4.69, 9.17) is 20.4 Å². The first kappa shape index (κ1) is 32.1. The highest BCUT2D eigenvalue weighted by molar-refractivity contribution is 5.57. The Morgan fingerprint density at radius 3 is 2.20 bits per heavy atom. The molecule has 0 radical (unpaired) electrons. The van der Waals surface area contributed by atoms with Crippen molar-refractivity contribution in [1.29, 1.82) is 0 Å². The van der Waals surface area contributed by atoms with Crippen LogP contribution in [-0.2, 0) is 4.74 Å². The average Bonchev–Trinajstić information content (AvgIpc) is 2.88. The van der Waals surface area contributed by atoms with Crippen LogP contribution in [-0.4, -0.2) is 93.7 Å². The van der Waals surface area contributed by atoms with Gasteiger partial charge in [-0.15, -0.1) is 0 Å². The van der Waals surface area contributed by atoms with Crippen LogP contribution in [0.15, 0.2) is 11.3 Å². The van der Waals surface area contributed by atoms with Gasteiger partial charge in [0.2, 0.25) is 11.9 Å². The third-order valence-electron chi connectivity index (χ3n) is 10.3. The normalized spacial score (nSPS) is 28.3. The summed E-state index contributed by atoms with van der Waals surface area (Å²) in [6, 6.07) is 0.579. The van der Waals surface area contributed by atoms with Gasteiger partial charge in [-0.3, -0.25) is 9.89 Å². The molecule has 232 valence electrons. The van der Waals surface area contributed by atoms with Crippen molar-refractivity contribution >= 4 is 18.1 Å². The van der Waals surface area contributed by atoms with Crippen molar-refractivity contribution in [2.24, 2.45) is 16.6 Å². The summed E-state index contributed by atoms with van der Waals surface area (Å²) in [5, 5.41) is 0. The molecular weight excluding hydrogens is 512 g/mol. The van der Waals surface area contributed by atoms with Gasteiger partial charge in [0.15, 0.2) is 0 Å². The molecule has 3 aliphatic rings. The van der Waals surface area contributed by atoms with Gasteiger partial charge in [0.05, 0.1) is 19.3 Å². The van der Waals surface area contributed by atoms with Crippen molar-refractivity contribution in [3.05, 3.63) is 6.33 Å². The maximum Gasteiger partial charge on any atom is 0.231 e. The number of rotatable bonds is 9. The van der Waals surface area contributed by atoms with Gasteiger partial charge in [-0.05, 0) is 113 Å². The van der Waals surface area contributed by atoms with E-state index in [9.17, 15) is 0 Å². The van der Waals surface area contributed by atoms with Crippen molar-refractivity contribution in [3.8, 4) is 0 Å². The number of piperidine rings is 2. The fraction of sp³-hybridized carbons (Fsp3) is 0.875. The van der Waals surface area contributed by atoms with Gasteiger partial charge in [0.25, 0.3) is 0 Å². The van der Waals surface area contributed by atoms with Crippen molar-refractivity contribution in [2.75, 3.05) is 43.2 Å². The van der Waals surface area contributed by atoms with Gasteiger partial charge >= 0.3 is 0 Å². The summed E-state index contributed by atoms with van der Waals surface area (Å²) in [5.74, 6) is 2.04. The average molecular weight is 571 g/mol. The van der Waals surface area contributed by atoms with Crippen LogP contribution in [0.1, 0.15) is 107 Å². The van der Waals surface area contributed by atoms with Crippen LogP contribution in [0.5, 0.6) is 0 Å². The molecule has 0 spiro atoms. The maximum absolute atomic E-state index is 6.70. The zero-order chi connectivity index (χ0) is 30.1. The molecule has 2 N–H and O–H groups in total. The van der Waals surface area contributed by atoms with E-state index >= 15 is 0 Å². The summed E-state index contributed by atoms with van der Waals surface area (Å²) in [6.45, 7) is 21.6. The highest BCUT2D eigenvalue weighted by Gasteiger charge is 2.48. The lowest BCUT2D eigenvalue weighted by Gasteiger charge is -2.57. The van der Waals surface area contributed by atoms with E-state index in [0.717, 1.165) is 50.7 Å². The molecule has 0 bridgehead atoms. The van der Waals surface area contributed by atoms with Crippen LogP contribution >= 0.6 is 0 Å². The molecule has 0 aliphatic carbocycles. The molecule has 0 amide bonds. The zero-order valence-electron chi connectivity index (χ0n) is 27.5. The van der Waals surface area contributed by atoms with Gasteiger partial charge in [-0.1, -0.05) is 12.8 Å². The van der Waals surface area contributed by atoms with Crippen molar-refractivity contribution in [2.45, 2.75) is 141 Å². The second kappa shape index (κ2) is 12.4. The van der Waals surface area contributed by atoms with E-state index in [-0.39, 0.29) is 28.2 Å². The number of morpholine rings is 1. The number of aliphatic imine (C=N–C) groups is 1. The molecule has 1 aromatic rings. The number of anilines is 2. The zero-order valence-corrected chi connectivity index (χ0v) is 27.5. The number of aromatic nitrogens is 3. The summed E-state index contributed by atoms with van der Waals surface area (Å²) in [7, 11) is 2.27. The number of likely N-dealkylation sites (tertiary alicyclic amines) is 1. The number of hydrogen-bond acceptors (Lipinski definition) is 9. The molecule has 2 unspecified atom stereocenters. The minimum atomic E-state index is -0.124. The first-order valence-electron chi connectivity index (χ1n) is 16.0. The highest BCUT2D eigenvalue weighted by atomic mass is 16.5. The van der Waals surface area contributed by atoms with Gasteiger partial charge < -0.3 is 20.3 Å². The predicted molar refractivity (Wildman–Crippen MR) is 170 cm³/mol. The van der Waals surface area contributed by atoms with E-state index in [1.165, 1.54) is 25.7 Å². The lowest BCUT2D eigenvalue weighted by Crippen LogP contribution is -2.66. The number of unbranched alkanes of at least 4 members (excludes halogenated alkanes) is 3. The molecule has 1 aromatic heterocycles. The molecule has 3 fully saturated rings. The van der Waals surface area contributed by atoms with E-state index in [2.05, 4.69) is 93.3 Å². The highest BCUT2D eigenvalue weighted by Crippen LogP contribution is 2.43. The minimum Gasteiger partial charge on any atom is -0.378 e. The molecule has 4 heterocycles. The van der Waals surface area contributed by atoms with Crippen LogP contribution in [0.4, 0.5) is 11.9 Å². The lowest BCUT2D eigenvalue weighted by atomic mass is 9.68. The van der Waals surface area contributed by atoms with Crippen molar-refractivity contribution < 1.29 is 4.74 Å². The van der Waals surface area contributed by atoms with E-state index in [1.54, 1.807) is 6.33 Å². The fourth-order valence-corrected chi connectivity index (χ4v) is 8.15. The lowest BCUT2D eigenvalue weighted by molar-refractivity contribution is -0.0583. The summed E-state index contributed by atoms with van der Waals surface area (Å²) < 4.78 is 5.51. The van der Waals surface area contributed by atoms with Crippen LogP contribution in [0, 0.1) is 5.92 Å². The van der Waals surface area contributed by atoms with Crippen LogP contribution in [0.3, 0.4) is 0 Å². The summed E-state index contributed by atoms with van der Waals surface area (Å²) in [4.78, 5) is 26.3. The first-order valence-corrected chi connectivity index (χ1v) is 16.0. The molecule has 3 aliphatic heterocycles. The first-order chi connectivity index (χ1) is 19.1. The number of nitrogens with two attached hydrogens (primary N) is 1. The Bertz CT molecular complexity index is 1010. The molecule has 0 aromatic carbocycles. The fourth-order valence-electron chi connectivity index (χ4n) is 8.15. The number of nitrogens with zero attached hydrogens (tertiary/aromatic N) is 7. The molecule has 41 heavy (non-hydrogen) atoms. The quantitative estimate of drug-likeness (QED) is 0.324. The van der Waals surface area contributed by atoms with E-state index in [1.807, 2.05) is 0 Å². The largest absolute Gasteiger partial charge is 0.378 e. The minimum absolute atomic E-state index is 0.124. The number of hydrogen-bond donors (Lipinski definition) is 1.